The van der Waals surface area contributed by atoms with Crippen LogP contribution >= 0.6 is 0 Å². The Hall–Kier alpha value is -0.900. The zero-order valence-electron chi connectivity index (χ0n) is 11.5. The summed E-state index contributed by atoms with van der Waals surface area (Å²) in [6.07, 6.45) is 2.07. The van der Waals surface area contributed by atoms with Crippen LogP contribution in [0.3, 0.4) is 0 Å². The van der Waals surface area contributed by atoms with Gasteiger partial charge in [-0.25, -0.2) is 0 Å². The molecule has 1 saturated heterocycles. The molecule has 1 heterocycles. The van der Waals surface area contributed by atoms with E-state index in [1.165, 1.54) is 11.1 Å². The summed E-state index contributed by atoms with van der Waals surface area (Å²) < 4.78 is 5.47. The fourth-order valence-electron chi connectivity index (χ4n) is 2.70. The molecule has 18 heavy (non-hydrogen) atoms. The molecule has 0 bridgehead atoms. The van der Waals surface area contributed by atoms with Crippen LogP contribution in [-0.4, -0.2) is 37.2 Å². The number of benzene rings is 1. The van der Waals surface area contributed by atoms with Crippen LogP contribution in [0.25, 0.3) is 0 Å². The topological polar surface area (TPSA) is 38.5 Å². The van der Waals surface area contributed by atoms with Crippen molar-refractivity contribution in [2.45, 2.75) is 31.8 Å². The van der Waals surface area contributed by atoms with Gasteiger partial charge in [-0.3, -0.25) is 4.90 Å². The fourth-order valence-corrected chi connectivity index (χ4v) is 2.70. The number of rotatable bonds is 4. The second-order valence-corrected chi connectivity index (χ2v) is 5.32. The number of ether oxygens (including phenoxy) is 1. The fraction of sp³-hybridized carbons (Fsp3) is 0.600. The summed E-state index contributed by atoms with van der Waals surface area (Å²) in [7, 11) is 2.19. The molecule has 0 aliphatic carbocycles. The molecule has 1 aromatic rings. The Labute approximate surface area is 110 Å². The molecule has 1 aromatic carbocycles. The molecule has 2 rings (SSSR count). The molecule has 0 radical (unpaired) electrons. The van der Waals surface area contributed by atoms with Crippen molar-refractivity contribution in [2.75, 3.05) is 26.8 Å². The molecule has 1 fully saturated rings. The third kappa shape index (κ3) is 2.74. The van der Waals surface area contributed by atoms with Crippen molar-refractivity contribution >= 4 is 0 Å². The highest BCUT2D eigenvalue weighted by molar-refractivity contribution is 5.25. The summed E-state index contributed by atoms with van der Waals surface area (Å²) in [4.78, 5) is 2.41. The second-order valence-electron chi connectivity index (χ2n) is 5.32. The van der Waals surface area contributed by atoms with E-state index in [0.29, 0.717) is 6.54 Å². The monoisotopic (exact) mass is 248 g/mol. The first kappa shape index (κ1) is 13.5. The molecule has 0 unspecified atom stereocenters. The molecule has 3 heteroatoms. The zero-order valence-corrected chi connectivity index (χ0v) is 11.5. The Bertz CT molecular complexity index is 386. The Kier molecular flexibility index (Phi) is 4.38. The summed E-state index contributed by atoms with van der Waals surface area (Å²) in [6.45, 7) is 5.50. The van der Waals surface area contributed by atoms with Crippen molar-refractivity contribution in [3.8, 4) is 0 Å². The summed E-state index contributed by atoms with van der Waals surface area (Å²) in [6, 6.07) is 8.57. The highest BCUT2D eigenvalue weighted by atomic mass is 16.5. The highest BCUT2D eigenvalue weighted by Crippen LogP contribution is 2.27. The molecule has 3 nitrogen and oxygen atoms in total. The maximum atomic E-state index is 6.03. The number of nitrogens with two attached hydrogens (primary N) is 1. The first-order valence-electron chi connectivity index (χ1n) is 6.71. The van der Waals surface area contributed by atoms with E-state index in [1.54, 1.807) is 0 Å². The molecule has 0 amide bonds. The maximum absolute atomic E-state index is 6.03. The number of nitrogens with zero attached hydrogens (tertiary/aromatic N) is 1. The summed E-state index contributed by atoms with van der Waals surface area (Å²) >= 11 is 0. The quantitative estimate of drug-likeness (QED) is 0.885. The van der Waals surface area contributed by atoms with Crippen LogP contribution in [0.4, 0.5) is 0 Å². The average molecular weight is 248 g/mol. The minimum Gasteiger partial charge on any atom is -0.381 e. The lowest BCUT2D eigenvalue weighted by molar-refractivity contribution is -0.0164. The molecule has 100 valence electrons. The van der Waals surface area contributed by atoms with Gasteiger partial charge in [-0.1, -0.05) is 24.3 Å². The standard InChI is InChI=1S/C15H24N2O/c1-13-5-3-4-6-14(13)11-17(2)15(12-16)7-9-18-10-8-15/h3-6H,7-12,16H2,1-2H3. The van der Waals surface area contributed by atoms with E-state index < -0.39 is 0 Å². The lowest BCUT2D eigenvalue weighted by atomic mass is 9.88. The third-order valence-electron chi connectivity index (χ3n) is 4.28. The van der Waals surface area contributed by atoms with E-state index in [4.69, 9.17) is 10.5 Å². The average Bonchev–Trinajstić information content (AvgIpc) is 2.42. The molecule has 1 aliphatic rings. The van der Waals surface area contributed by atoms with Crippen molar-refractivity contribution in [1.82, 2.24) is 4.90 Å². The number of aryl methyl sites for hydroxylation is 1. The van der Waals surface area contributed by atoms with Crippen molar-refractivity contribution in [3.63, 3.8) is 0 Å². The molecule has 0 spiro atoms. The van der Waals surface area contributed by atoms with Crippen LogP contribution in [0.1, 0.15) is 24.0 Å². The lowest BCUT2D eigenvalue weighted by Gasteiger charge is -2.44. The van der Waals surface area contributed by atoms with E-state index in [1.807, 2.05) is 0 Å². The largest absolute Gasteiger partial charge is 0.381 e. The van der Waals surface area contributed by atoms with Gasteiger partial charge in [-0.2, -0.15) is 0 Å². The van der Waals surface area contributed by atoms with Crippen LogP contribution in [0.15, 0.2) is 24.3 Å². The minimum atomic E-state index is 0.112. The highest BCUT2D eigenvalue weighted by Gasteiger charge is 2.35. The third-order valence-corrected chi connectivity index (χ3v) is 4.28. The van der Waals surface area contributed by atoms with Gasteiger partial charge in [0.05, 0.1) is 0 Å². The van der Waals surface area contributed by atoms with Crippen LogP contribution < -0.4 is 5.73 Å². The zero-order chi connectivity index (χ0) is 13.0. The van der Waals surface area contributed by atoms with E-state index in [2.05, 4.69) is 43.1 Å². The van der Waals surface area contributed by atoms with Gasteiger partial charge < -0.3 is 10.5 Å². The van der Waals surface area contributed by atoms with Crippen LogP contribution in [0, 0.1) is 6.92 Å². The Morgan fingerprint density at radius 3 is 2.56 bits per heavy atom. The lowest BCUT2D eigenvalue weighted by Crippen LogP contribution is -2.54. The first-order valence-corrected chi connectivity index (χ1v) is 6.71. The van der Waals surface area contributed by atoms with E-state index >= 15 is 0 Å². The predicted octanol–water partition coefficient (Wildman–Crippen LogP) is 1.93. The molecule has 1 aliphatic heterocycles. The van der Waals surface area contributed by atoms with Crippen LogP contribution in [0.5, 0.6) is 0 Å². The molecular weight excluding hydrogens is 224 g/mol. The molecule has 0 atom stereocenters. The molecule has 2 N–H and O–H groups in total. The summed E-state index contributed by atoms with van der Waals surface area (Å²) in [5, 5.41) is 0. The Morgan fingerprint density at radius 2 is 1.94 bits per heavy atom. The van der Waals surface area contributed by atoms with Crippen molar-refractivity contribution in [1.29, 1.82) is 0 Å². The number of likely N-dealkylation sites (N-methyl/N-ethyl adjacent to an activating group) is 1. The van der Waals surface area contributed by atoms with Gasteiger partial charge in [0.15, 0.2) is 0 Å². The van der Waals surface area contributed by atoms with Gasteiger partial charge in [0.2, 0.25) is 0 Å². The van der Waals surface area contributed by atoms with Crippen LogP contribution in [-0.2, 0) is 11.3 Å². The van der Waals surface area contributed by atoms with Crippen molar-refractivity contribution in [3.05, 3.63) is 35.4 Å². The normalized spacial score (nSPS) is 19.1. The number of hydrogen-bond acceptors (Lipinski definition) is 3. The van der Waals surface area contributed by atoms with Gasteiger partial charge in [-0.15, -0.1) is 0 Å². The Balaban J connectivity index is 2.10. The molecular formula is C15H24N2O. The van der Waals surface area contributed by atoms with Crippen molar-refractivity contribution in [2.24, 2.45) is 5.73 Å². The van der Waals surface area contributed by atoms with Gasteiger partial charge in [0.25, 0.3) is 0 Å². The number of hydrogen-bond donors (Lipinski definition) is 1. The van der Waals surface area contributed by atoms with E-state index in [-0.39, 0.29) is 5.54 Å². The van der Waals surface area contributed by atoms with Crippen molar-refractivity contribution < 1.29 is 4.74 Å². The van der Waals surface area contributed by atoms with Gasteiger partial charge in [0.1, 0.15) is 0 Å². The first-order chi connectivity index (χ1) is 8.68. The minimum absolute atomic E-state index is 0.112. The Morgan fingerprint density at radius 1 is 1.28 bits per heavy atom. The summed E-state index contributed by atoms with van der Waals surface area (Å²) in [5.74, 6) is 0. The smallest absolute Gasteiger partial charge is 0.0484 e. The maximum Gasteiger partial charge on any atom is 0.0484 e. The SMILES string of the molecule is Cc1ccccc1CN(C)C1(CN)CCOCC1. The summed E-state index contributed by atoms with van der Waals surface area (Å²) in [5.41, 5.74) is 8.88. The van der Waals surface area contributed by atoms with Gasteiger partial charge in [0, 0.05) is 31.8 Å². The molecule has 0 aromatic heterocycles. The van der Waals surface area contributed by atoms with Crippen LogP contribution in [0.2, 0.25) is 0 Å². The predicted molar refractivity (Wildman–Crippen MR) is 74.5 cm³/mol. The second kappa shape index (κ2) is 5.83. The van der Waals surface area contributed by atoms with E-state index in [0.717, 1.165) is 32.6 Å². The van der Waals surface area contributed by atoms with Gasteiger partial charge >= 0.3 is 0 Å². The van der Waals surface area contributed by atoms with E-state index in [9.17, 15) is 0 Å². The van der Waals surface area contributed by atoms with Gasteiger partial charge in [-0.05, 0) is 37.9 Å². The molecule has 0 saturated carbocycles.